The van der Waals surface area contributed by atoms with Gasteiger partial charge in [-0.25, -0.2) is 0 Å². The van der Waals surface area contributed by atoms with Gasteiger partial charge in [-0.1, -0.05) is 18.2 Å². The summed E-state index contributed by atoms with van der Waals surface area (Å²) in [6, 6.07) is 8.27. The van der Waals surface area contributed by atoms with Crippen LogP contribution in [0.15, 0.2) is 28.7 Å². The minimum absolute atomic E-state index is 0.721. The molecule has 3 heteroatoms. The van der Waals surface area contributed by atoms with Crippen LogP contribution in [0.3, 0.4) is 0 Å². The fourth-order valence-corrected chi connectivity index (χ4v) is 1.74. The summed E-state index contributed by atoms with van der Waals surface area (Å²) in [5.74, 6) is 0.973. The number of rotatable bonds is 5. The second-order valence-electron chi connectivity index (χ2n) is 3.88. The second kappa shape index (κ2) is 5.14. The van der Waals surface area contributed by atoms with Gasteiger partial charge in [0.1, 0.15) is 11.3 Å². The van der Waals surface area contributed by atoms with E-state index in [1.54, 1.807) is 7.11 Å². The van der Waals surface area contributed by atoms with Gasteiger partial charge in [-0.05, 0) is 18.6 Å². The van der Waals surface area contributed by atoms with E-state index in [0.717, 1.165) is 31.0 Å². The molecule has 2 rings (SSSR count). The Kier molecular flexibility index (Phi) is 3.59. The van der Waals surface area contributed by atoms with Crippen molar-refractivity contribution in [2.75, 3.05) is 20.3 Å². The van der Waals surface area contributed by atoms with Crippen LogP contribution in [0.5, 0.6) is 0 Å². The van der Waals surface area contributed by atoms with Gasteiger partial charge < -0.3 is 14.5 Å². The first-order chi connectivity index (χ1) is 7.81. The van der Waals surface area contributed by atoms with Gasteiger partial charge >= 0.3 is 0 Å². The van der Waals surface area contributed by atoms with E-state index in [4.69, 9.17) is 9.15 Å². The Hall–Kier alpha value is -1.32. The summed E-state index contributed by atoms with van der Waals surface area (Å²) in [5.41, 5.74) is 2.17. The molecule has 1 aromatic carbocycles. The molecular weight excluding hydrogens is 202 g/mol. The highest BCUT2D eigenvalue weighted by atomic mass is 16.5. The molecule has 0 atom stereocenters. The van der Waals surface area contributed by atoms with Crippen molar-refractivity contribution in [1.82, 2.24) is 5.32 Å². The molecule has 0 amide bonds. The van der Waals surface area contributed by atoms with Crippen molar-refractivity contribution in [1.29, 1.82) is 0 Å². The van der Waals surface area contributed by atoms with Crippen LogP contribution in [0.1, 0.15) is 11.3 Å². The van der Waals surface area contributed by atoms with Gasteiger partial charge in [0, 0.05) is 19.0 Å². The normalized spacial score (nSPS) is 11.1. The van der Waals surface area contributed by atoms with Crippen molar-refractivity contribution in [3.05, 3.63) is 35.6 Å². The third-order valence-corrected chi connectivity index (χ3v) is 2.57. The Morgan fingerprint density at radius 2 is 2.25 bits per heavy atom. The van der Waals surface area contributed by atoms with E-state index in [1.165, 1.54) is 10.9 Å². The third-order valence-electron chi connectivity index (χ3n) is 2.57. The van der Waals surface area contributed by atoms with Gasteiger partial charge in [-0.3, -0.25) is 0 Å². The van der Waals surface area contributed by atoms with Gasteiger partial charge in [0.15, 0.2) is 0 Å². The molecular formula is C13H17NO2. The monoisotopic (exact) mass is 219 g/mol. The molecule has 0 aliphatic carbocycles. The summed E-state index contributed by atoms with van der Waals surface area (Å²) in [6.45, 7) is 4.37. The van der Waals surface area contributed by atoms with E-state index in [2.05, 4.69) is 36.5 Å². The zero-order chi connectivity index (χ0) is 11.4. The zero-order valence-corrected chi connectivity index (χ0v) is 9.75. The standard InChI is InChI=1S/C13H17NO2/c1-10-4-3-5-11-8-12(16-13(10)11)9-14-6-7-15-2/h3-5,8,14H,6-7,9H2,1-2H3. The molecule has 16 heavy (non-hydrogen) atoms. The molecule has 3 nitrogen and oxygen atoms in total. The lowest BCUT2D eigenvalue weighted by molar-refractivity contribution is 0.198. The first-order valence-corrected chi connectivity index (χ1v) is 5.49. The number of furan rings is 1. The number of fused-ring (bicyclic) bond motifs is 1. The van der Waals surface area contributed by atoms with Crippen LogP contribution in [0, 0.1) is 6.92 Å². The summed E-state index contributed by atoms with van der Waals surface area (Å²) >= 11 is 0. The highest BCUT2D eigenvalue weighted by Crippen LogP contribution is 2.22. The minimum Gasteiger partial charge on any atom is -0.459 e. The molecule has 0 saturated carbocycles. The van der Waals surface area contributed by atoms with E-state index < -0.39 is 0 Å². The summed E-state index contributed by atoms with van der Waals surface area (Å²) < 4.78 is 10.7. The van der Waals surface area contributed by atoms with E-state index in [9.17, 15) is 0 Å². The fourth-order valence-electron chi connectivity index (χ4n) is 1.74. The minimum atomic E-state index is 0.721. The van der Waals surface area contributed by atoms with Crippen molar-refractivity contribution in [2.45, 2.75) is 13.5 Å². The Labute approximate surface area is 95.4 Å². The van der Waals surface area contributed by atoms with Crippen molar-refractivity contribution in [2.24, 2.45) is 0 Å². The van der Waals surface area contributed by atoms with Gasteiger partial charge in [-0.15, -0.1) is 0 Å². The predicted octanol–water partition coefficient (Wildman–Crippen LogP) is 2.48. The van der Waals surface area contributed by atoms with E-state index in [-0.39, 0.29) is 0 Å². The topological polar surface area (TPSA) is 34.4 Å². The van der Waals surface area contributed by atoms with E-state index in [0.29, 0.717) is 0 Å². The van der Waals surface area contributed by atoms with Crippen molar-refractivity contribution in [3.8, 4) is 0 Å². The van der Waals surface area contributed by atoms with Crippen LogP contribution in [0.25, 0.3) is 11.0 Å². The summed E-state index contributed by atoms with van der Waals surface area (Å²) in [4.78, 5) is 0. The molecule has 0 saturated heterocycles. The van der Waals surface area contributed by atoms with Crippen LogP contribution >= 0.6 is 0 Å². The summed E-state index contributed by atoms with van der Waals surface area (Å²) in [7, 11) is 1.70. The van der Waals surface area contributed by atoms with Gasteiger partial charge in [0.2, 0.25) is 0 Å². The molecule has 0 fully saturated rings. The molecule has 0 aliphatic heterocycles. The first-order valence-electron chi connectivity index (χ1n) is 5.49. The highest BCUT2D eigenvalue weighted by molar-refractivity contribution is 5.80. The highest BCUT2D eigenvalue weighted by Gasteiger charge is 2.04. The number of ether oxygens (including phenoxy) is 1. The van der Waals surface area contributed by atoms with Crippen LogP contribution in [-0.2, 0) is 11.3 Å². The van der Waals surface area contributed by atoms with Crippen LogP contribution in [0.2, 0.25) is 0 Å². The smallest absolute Gasteiger partial charge is 0.137 e. The van der Waals surface area contributed by atoms with E-state index >= 15 is 0 Å². The Morgan fingerprint density at radius 1 is 1.38 bits per heavy atom. The van der Waals surface area contributed by atoms with Gasteiger partial charge in [-0.2, -0.15) is 0 Å². The molecule has 1 N–H and O–H groups in total. The van der Waals surface area contributed by atoms with Crippen molar-refractivity contribution < 1.29 is 9.15 Å². The van der Waals surface area contributed by atoms with Crippen LogP contribution in [-0.4, -0.2) is 20.3 Å². The van der Waals surface area contributed by atoms with Crippen LogP contribution in [0.4, 0.5) is 0 Å². The first kappa shape index (κ1) is 11.2. The SMILES string of the molecule is COCCNCc1cc2cccc(C)c2o1. The number of hydrogen-bond acceptors (Lipinski definition) is 3. The fraction of sp³-hybridized carbons (Fsp3) is 0.385. The number of nitrogens with one attached hydrogen (secondary N) is 1. The average molecular weight is 219 g/mol. The van der Waals surface area contributed by atoms with Crippen molar-refractivity contribution in [3.63, 3.8) is 0 Å². The predicted molar refractivity (Wildman–Crippen MR) is 64.5 cm³/mol. The number of aryl methyl sites for hydroxylation is 1. The maximum atomic E-state index is 5.78. The number of hydrogen-bond donors (Lipinski definition) is 1. The largest absolute Gasteiger partial charge is 0.459 e. The molecule has 0 unspecified atom stereocenters. The van der Waals surface area contributed by atoms with Gasteiger partial charge in [0.25, 0.3) is 0 Å². The molecule has 0 bridgehead atoms. The third kappa shape index (κ3) is 2.43. The molecule has 0 spiro atoms. The second-order valence-corrected chi connectivity index (χ2v) is 3.88. The summed E-state index contributed by atoms with van der Waals surface area (Å²) in [6.07, 6.45) is 0. The molecule has 0 aliphatic rings. The maximum absolute atomic E-state index is 5.78. The Bertz CT molecular complexity index is 462. The Morgan fingerprint density at radius 3 is 3.00 bits per heavy atom. The zero-order valence-electron chi connectivity index (χ0n) is 9.75. The molecule has 1 heterocycles. The molecule has 0 radical (unpaired) electrons. The lowest BCUT2D eigenvalue weighted by Gasteiger charge is -2.00. The average Bonchev–Trinajstić information content (AvgIpc) is 2.69. The number of para-hydroxylation sites is 1. The van der Waals surface area contributed by atoms with Crippen LogP contribution < -0.4 is 5.32 Å². The van der Waals surface area contributed by atoms with Crippen molar-refractivity contribution >= 4 is 11.0 Å². The lowest BCUT2D eigenvalue weighted by Crippen LogP contribution is -2.18. The quantitative estimate of drug-likeness (QED) is 0.784. The molecule has 2 aromatic rings. The molecule has 86 valence electrons. The number of methoxy groups -OCH3 is 1. The molecule has 1 aromatic heterocycles. The maximum Gasteiger partial charge on any atom is 0.137 e. The lowest BCUT2D eigenvalue weighted by atomic mass is 10.2. The van der Waals surface area contributed by atoms with Gasteiger partial charge in [0.05, 0.1) is 13.2 Å². The Balaban J connectivity index is 2.05. The van der Waals surface area contributed by atoms with E-state index in [1.807, 2.05) is 0 Å². The number of benzene rings is 1. The summed E-state index contributed by atoms with van der Waals surface area (Å²) in [5, 5.41) is 4.43.